The van der Waals surface area contributed by atoms with E-state index in [2.05, 4.69) is 13.8 Å². The quantitative estimate of drug-likeness (QED) is 0.473. The molecule has 23 heavy (non-hydrogen) atoms. The fourth-order valence-corrected chi connectivity index (χ4v) is 2.27. The number of ether oxygens (including phenoxy) is 2. The first-order valence-corrected chi connectivity index (χ1v) is 6.35. The van der Waals surface area contributed by atoms with Gasteiger partial charge in [-0.05, 0) is 34.1 Å². The Balaban J connectivity index is -0.0000000853. The molecule has 0 fully saturated rings. The number of methoxy groups -OCH3 is 1. The van der Waals surface area contributed by atoms with Gasteiger partial charge in [0.25, 0.3) is 0 Å². The third-order valence-corrected chi connectivity index (χ3v) is 4.53. The molecular weight excluding hydrogens is 288 g/mol. The molecule has 0 bridgehead atoms. The monoisotopic (exact) mass is 340 g/mol. The number of hydrogen-bond acceptors (Lipinski definition) is 3. The lowest BCUT2D eigenvalue weighted by Gasteiger charge is -2.51. The van der Waals surface area contributed by atoms with Crippen molar-refractivity contribution in [3.05, 3.63) is 0 Å². The van der Waals surface area contributed by atoms with E-state index < -0.39 is 5.60 Å². The zero-order chi connectivity index (χ0) is 13.9. The van der Waals surface area contributed by atoms with Crippen LogP contribution < -0.4 is 0 Å². The van der Waals surface area contributed by atoms with Crippen LogP contribution in [0.25, 0.3) is 0 Å². The van der Waals surface area contributed by atoms with Crippen molar-refractivity contribution < 1.29 is 14.3 Å². The summed E-state index contributed by atoms with van der Waals surface area (Å²) in [5, 5.41) is 0. The van der Waals surface area contributed by atoms with Crippen LogP contribution in [0.3, 0.4) is 0 Å². The minimum absolute atomic E-state index is 0. The smallest absolute Gasteiger partial charge is 0.306 e. The van der Waals surface area contributed by atoms with E-state index in [1.165, 1.54) is 0 Å². The standard InChI is InChI=1S/C14H28O3.6CH4/c1-9-11(15)17-13(5,6)14(7,10-2)12(3,4)16-8;;;;;;/h9-10H2,1-8H3;6*1H4. The molecular formula is C20H52O3. The molecule has 1 atom stereocenters. The van der Waals surface area contributed by atoms with E-state index in [9.17, 15) is 4.79 Å². The summed E-state index contributed by atoms with van der Waals surface area (Å²) in [6, 6.07) is 0. The minimum Gasteiger partial charge on any atom is -0.459 e. The molecule has 0 spiro atoms. The molecule has 3 heteroatoms. The Labute approximate surface area is 150 Å². The molecule has 150 valence electrons. The first-order valence-electron chi connectivity index (χ1n) is 6.35. The van der Waals surface area contributed by atoms with Crippen LogP contribution in [-0.4, -0.2) is 24.3 Å². The van der Waals surface area contributed by atoms with E-state index in [-0.39, 0.29) is 61.5 Å². The van der Waals surface area contributed by atoms with Crippen molar-refractivity contribution in [3.63, 3.8) is 0 Å². The van der Waals surface area contributed by atoms with Crippen LogP contribution in [0.5, 0.6) is 0 Å². The van der Waals surface area contributed by atoms with Crippen LogP contribution in [0.15, 0.2) is 0 Å². The van der Waals surface area contributed by atoms with Crippen molar-refractivity contribution in [3.8, 4) is 0 Å². The van der Waals surface area contributed by atoms with E-state index in [4.69, 9.17) is 9.47 Å². The maximum Gasteiger partial charge on any atom is 0.306 e. The predicted molar refractivity (Wildman–Crippen MR) is 110 cm³/mol. The van der Waals surface area contributed by atoms with Crippen molar-refractivity contribution in [1.29, 1.82) is 0 Å². The lowest BCUT2D eigenvalue weighted by Crippen LogP contribution is -2.57. The molecule has 0 aliphatic heterocycles. The van der Waals surface area contributed by atoms with Crippen molar-refractivity contribution in [2.75, 3.05) is 7.11 Å². The Morgan fingerprint density at radius 3 is 1.35 bits per heavy atom. The zero-order valence-corrected chi connectivity index (χ0v) is 12.6. The van der Waals surface area contributed by atoms with Gasteiger partial charge in [0.15, 0.2) is 0 Å². The second-order valence-corrected chi connectivity index (χ2v) is 5.74. The molecule has 3 nitrogen and oxygen atoms in total. The molecule has 0 radical (unpaired) electrons. The fourth-order valence-electron chi connectivity index (χ4n) is 2.27. The number of rotatable bonds is 6. The highest BCUT2D eigenvalue weighted by Crippen LogP contribution is 2.47. The van der Waals surface area contributed by atoms with E-state index in [0.717, 1.165) is 6.42 Å². The van der Waals surface area contributed by atoms with Gasteiger partial charge in [-0.25, -0.2) is 0 Å². The Kier molecular flexibility index (Phi) is 28.2. The van der Waals surface area contributed by atoms with Gasteiger partial charge in [-0.3, -0.25) is 4.79 Å². The van der Waals surface area contributed by atoms with Crippen LogP contribution in [-0.2, 0) is 14.3 Å². The van der Waals surface area contributed by atoms with Crippen molar-refractivity contribution >= 4 is 5.97 Å². The largest absolute Gasteiger partial charge is 0.459 e. The van der Waals surface area contributed by atoms with Gasteiger partial charge in [0, 0.05) is 18.9 Å². The van der Waals surface area contributed by atoms with Gasteiger partial charge >= 0.3 is 5.97 Å². The second-order valence-electron chi connectivity index (χ2n) is 5.74. The van der Waals surface area contributed by atoms with E-state index >= 15 is 0 Å². The van der Waals surface area contributed by atoms with E-state index in [1.807, 2.05) is 34.6 Å². The van der Waals surface area contributed by atoms with Crippen LogP contribution in [0.4, 0.5) is 0 Å². The summed E-state index contributed by atoms with van der Waals surface area (Å²) in [6.07, 6.45) is 1.27. The minimum atomic E-state index is -0.561. The SMILES string of the molecule is C.C.C.C.C.C.CCC(=O)OC(C)(C)C(C)(CC)C(C)(C)OC. The van der Waals surface area contributed by atoms with Gasteiger partial charge in [0.05, 0.1) is 5.60 Å². The molecule has 0 aliphatic rings. The molecule has 0 heterocycles. The predicted octanol–water partition coefficient (Wildman–Crippen LogP) is 7.38. The highest BCUT2D eigenvalue weighted by atomic mass is 16.6. The molecule has 0 saturated carbocycles. The summed E-state index contributed by atoms with van der Waals surface area (Å²) in [7, 11) is 1.70. The summed E-state index contributed by atoms with van der Waals surface area (Å²) in [5.74, 6) is -0.165. The van der Waals surface area contributed by atoms with E-state index in [0.29, 0.717) is 6.42 Å². The van der Waals surface area contributed by atoms with Gasteiger partial charge < -0.3 is 9.47 Å². The van der Waals surface area contributed by atoms with Gasteiger partial charge in [-0.2, -0.15) is 0 Å². The average molecular weight is 341 g/mol. The summed E-state index contributed by atoms with van der Waals surface area (Å²) in [5.41, 5.74) is -1.17. The summed E-state index contributed by atoms with van der Waals surface area (Å²) in [4.78, 5) is 11.5. The number of carbonyl (C=O) groups is 1. The second kappa shape index (κ2) is 15.0. The zero-order valence-electron chi connectivity index (χ0n) is 12.6. The Hall–Kier alpha value is -0.570. The maximum atomic E-state index is 11.5. The number of hydrogen-bond donors (Lipinski definition) is 0. The third-order valence-electron chi connectivity index (χ3n) is 4.53. The Morgan fingerprint density at radius 1 is 0.783 bits per heavy atom. The lowest BCUT2D eigenvalue weighted by molar-refractivity contribution is -0.202. The maximum absolute atomic E-state index is 11.5. The average Bonchev–Trinajstić information content (AvgIpc) is 2.26. The van der Waals surface area contributed by atoms with Gasteiger partial charge in [-0.15, -0.1) is 0 Å². The van der Waals surface area contributed by atoms with Gasteiger partial charge in [0.1, 0.15) is 5.60 Å². The molecule has 0 saturated heterocycles. The van der Waals surface area contributed by atoms with Gasteiger partial charge in [-0.1, -0.05) is 65.3 Å². The topological polar surface area (TPSA) is 35.5 Å². The van der Waals surface area contributed by atoms with Crippen LogP contribution in [0, 0.1) is 5.41 Å². The van der Waals surface area contributed by atoms with E-state index in [1.54, 1.807) is 7.11 Å². The van der Waals surface area contributed by atoms with Crippen LogP contribution in [0.2, 0.25) is 0 Å². The molecule has 0 N–H and O–H groups in total. The summed E-state index contributed by atoms with van der Waals surface area (Å²) in [6.45, 7) is 14.0. The third kappa shape index (κ3) is 8.74. The number of carbonyl (C=O) groups excluding carboxylic acids is 1. The van der Waals surface area contributed by atoms with Crippen molar-refractivity contribution in [2.24, 2.45) is 5.41 Å². The molecule has 1 unspecified atom stereocenters. The van der Waals surface area contributed by atoms with Crippen LogP contribution in [0.1, 0.15) is 106 Å². The highest BCUT2D eigenvalue weighted by Gasteiger charge is 2.53. The fraction of sp³-hybridized carbons (Fsp3) is 0.950. The molecule has 0 aromatic heterocycles. The first-order chi connectivity index (χ1) is 7.58. The highest BCUT2D eigenvalue weighted by molar-refractivity contribution is 5.69. The molecule has 0 aromatic carbocycles. The Bertz CT molecular complexity index is 270. The summed E-state index contributed by atoms with van der Waals surface area (Å²) >= 11 is 0. The molecule has 0 aromatic rings. The molecule has 0 rings (SSSR count). The lowest BCUT2D eigenvalue weighted by atomic mass is 9.63. The molecule has 0 aliphatic carbocycles. The van der Waals surface area contributed by atoms with Gasteiger partial charge in [0.2, 0.25) is 0 Å². The first kappa shape index (κ1) is 43.3. The summed E-state index contributed by atoms with van der Waals surface area (Å²) < 4.78 is 11.2. The molecule has 0 amide bonds. The Morgan fingerprint density at radius 2 is 1.13 bits per heavy atom. The van der Waals surface area contributed by atoms with Crippen molar-refractivity contribution in [2.45, 2.75) is 117 Å². The normalized spacial score (nSPS) is 12.2. The number of esters is 1. The van der Waals surface area contributed by atoms with Crippen LogP contribution >= 0.6 is 0 Å². The van der Waals surface area contributed by atoms with Crippen molar-refractivity contribution in [1.82, 2.24) is 0 Å².